The molecule has 1 aromatic carbocycles. The van der Waals surface area contributed by atoms with Crippen LogP contribution in [-0.2, 0) is 0 Å². The van der Waals surface area contributed by atoms with Crippen molar-refractivity contribution < 1.29 is 4.79 Å². The normalized spacial score (nSPS) is 10.3. The molecule has 98 valence electrons. The number of aryl methyl sites for hydroxylation is 1. The molecular weight excluding hydrogens is 351 g/mol. The van der Waals surface area contributed by atoms with Crippen molar-refractivity contribution in [1.82, 2.24) is 4.98 Å². The second kappa shape index (κ2) is 5.90. The first-order valence-electron chi connectivity index (χ1n) is 5.36. The second-order valence-corrected chi connectivity index (χ2v) is 5.61. The van der Waals surface area contributed by atoms with E-state index in [9.17, 15) is 4.79 Å². The van der Waals surface area contributed by atoms with Gasteiger partial charge in [0.25, 0.3) is 5.91 Å². The number of hydrogen-bond acceptors (Lipinski definition) is 2. The number of nitrogens with zero attached hydrogens (tertiary/aromatic N) is 1. The summed E-state index contributed by atoms with van der Waals surface area (Å²) in [5.74, 6) is -0.320. The molecule has 0 atom stereocenters. The lowest BCUT2D eigenvalue weighted by atomic mass is 10.2. The Morgan fingerprint density at radius 3 is 2.74 bits per heavy atom. The van der Waals surface area contributed by atoms with Crippen LogP contribution in [0.25, 0.3) is 0 Å². The first kappa shape index (κ1) is 14.3. The lowest BCUT2D eigenvalue weighted by Crippen LogP contribution is -2.13. The van der Waals surface area contributed by atoms with Crippen molar-refractivity contribution >= 4 is 50.7 Å². The number of halogens is 3. The topological polar surface area (TPSA) is 42.0 Å². The number of aromatic nitrogens is 1. The summed E-state index contributed by atoms with van der Waals surface area (Å²) in [6, 6.07) is 7.02. The lowest BCUT2D eigenvalue weighted by Gasteiger charge is -2.09. The fraction of sp³-hybridized carbons (Fsp3) is 0.0769. The van der Waals surface area contributed by atoms with E-state index >= 15 is 0 Å². The van der Waals surface area contributed by atoms with E-state index in [4.69, 9.17) is 23.2 Å². The fourth-order valence-corrected chi connectivity index (χ4v) is 2.37. The lowest BCUT2D eigenvalue weighted by molar-refractivity contribution is 0.102. The molecule has 2 aromatic rings. The Labute approximate surface area is 129 Å². The van der Waals surface area contributed by atoms with E-state index in [1.807, 2.05) is 25.1 Å². The van der Waals surface area contributed by atoms with Crippen LogP contribution in [0, 0.1) is 6.92 Å². The van der Waals surface area contributed by atoms with Crippen molar-refractivity contribution in [2.75, 3.05) is 5.32 Å². The van der Waals surface area contributed by atoms with Crippen LogP contribution in [0.2, 0.25) is 10.2 Å². The zero-order valence-electron chi connectivity index (χ0n) is 9.88. The maximum Gasteiger partial charge on any atom is 0.257 e. The van der Waals surface area contributed by atoms with Gasteiger partial charge in [-0.3, -0.25) is 4.79 Å². The van der Waals surface area contributed by atoms with Crippen LogP contribution in [0.15, 0.2) is 34.9 Å². The van der Waals surface area contributed by atoms with Crippen molar-refractivity contribution in [2.24, 2.45) is 0 Å². The number of pyridine rings is 1. The number of anilines is 1. The van der Waals surface area contributed by atoms with Gasteiger partial charge in [-0.05, 0) is 36.8 Å². The highest BCUT2D eigenvalue weighted by Gasteiger charge is 2.13. The Morgan fingerprint density at radius 2 is 2.05 bits per heavy atom. The SMILES string of the molecule is Cc1cc(Br)ccc1NC(=O)c1cc(Cl)ncc1Cl. The molecule has 1 heterocycles. The summed E-state index contributed by atoms with van der Waals surface area (Å²) in [6.07, 6.45) is 1.35. The monoisotopic (exact) mass is 358 g/mol. The third kappa shape index (κ3) is 3.47. The van der Waals surface area contributed by atoms with E-state index in [1.54, 1.807) is 0 Å². The van der Waals surface area contributed by atoms with E-state index in [-0.39, 0.29) is 16.1 Å². The predicted molar refractivity (Wildman–Crippen MR) is 81.1 cm³/mol. The highest BCUT2D eigenvalue weighted by Crippen LogP contribution is 2.23. The smallest absolute Gasteiger partial charge is 0.257 e. The Bertz CT molecular complexity index is 647. The molecule has 0 unspecified atom stereocenters. The maximum absolute atomic E-state index is 12.1. The summed E-state index contributed by atoms with van der Waals surface area (Å²) < 4.78 is 0.952. The molecule has 0 saturated carbocycles. The highest BCUT2D eigenvalue weighted by molar-refractivity contribution is 9.10. The molecule has 0 bridgehead atoms. The van der Waals surface area contributed by atoms with Crippen LogP contribution in [0.5, 0.6) is 0 Å². The molecule has 0 saturated heterocycles. The van der Waals surface area contributed by atoms with Gasteiger partial charge in [-0.15, -0.1) is 0 Å². The summed E-state index contributed by atoms with van der Waals surface area (Å²) >= 11 is 15.1. The molecule has 0 radical (unpaired) electrons. The summed E-state index contributed by atoms with van der Waals surface area (Å²) in [5, 5.41) is 3.28. The minimum absolute atomic E-state index is 0.224. The van der Waals surface area contributed by atoms with Crippen LogP contribution in [0.3, 0.4) is 0 Å². The van der Waals surface area contributed by atoms with Gasteiger partial charge in [0.1, 0.15) is 5.15 Å². The second-order valence-electron chi connectivity index (χ2n) is 3.90. The molecule has 6 heteroatoms. The molecular formula is C13H9BrCl2N2O. The van der Waals surface area contributed by atoms with Gasteiger partial charge >= 0.3 is 0 Å². The maximum atomic E-state index is 12.1. The molecule has 1 amide bonds. The zero-order chi connectivity index (χ0) is 14.0. The van der Waals surface area contributed by atoms with Gasteiger partial charge in [0.15, 0.2) is 0 Å². The van der Waals surface area contributed by atoms with Crippen LogP contribution in [0.4, 0.5) is 5.69 Å². The first-order chi connectivity index (χ1) is 8.97. The number of carbonyl (C=O) groups excluding carboxylic acids is 1. The first-order valence-corrected chi connectivity index (χ1v) is 6.91. The summed E-state index contributed by atoms with van der Waals surface area (Å²) in [4.78, 5) is 15.9. The van der Waals surface area contributed by atoms with E-state index in [2.05, 4.69) is 26.2 Å². The molecule has 0 aliphatic carbocycles. The highest BCUT2D eigenvalue weighted by atomic mass is 79.9. The van der Waals surface area contributed by atoms with Crippen molar-refractivity contribution in [2.45, 2.75) is 6.92 Å². The van der Waals surface area contributed by atoms with E-state index in [0.29, 0.717) is 5.56 Å². The number of rotatable bonds is 2. The Hall–Kier alpha value is -1.10. The third-order valence-corrected chi connectivity index (χ3v) is 3.50. The number of amides is 1. The van der Waals surface area contributed by atoms with E-state index in [0.717, 1.165) is 15.7 Å². The zero-order valence-corrected chi connectivity index (χ0v) is 13.0. The van der Waals surface area contributed by atoms with Gasteiger partial charge in [-0.1, -0.05) is 39.1 Å². The Balaban J connectivity index is 2.28. The van der Waals surface area contributed by atoms with Crippen LogP contribution >= 0.6 is 39.1 Å². The number of benzene rings is 1. The molecule has 0 fully saturated rings. The van der Waals surface area contributed by atoms with Gasteiger partial charge in [0.05, 0.1) is 10.6 Å². The van der Waals surface area contributed by atoms with Crippen molar-refractivity contribution in [3.05, 3.63) is 56.2 Å². The van der Waals surface area contributed by atoms with Gasteiger partial charge in [-0.25, -0.2) is 4.98 Å². The Kier molecular flexibility index (Phi) is 4.45. The average molecular weight is 360 g/mol. The van der Waals surface area contributed by atoms with Gasteiger partial charge in [-0.2, -0.15) is 0 Å². The van der Waals surface area contributed by atoms with Gasteiger partial charge in [0.2, 0.25) is 0 Å². The quantitative estimate of drug-likeness (QED) is 0.789. The fourth-order valence-electron chi connectivity index (χ4n) is 1.54. The van der Waals surface area contributed by atoms with Crippen molar-refractivity contribution in [3.63, 3.8) is 0 Å². The molecule has 19 heavy (non-hydrogen) atoms. The minimum Gasteiger partial charge on any atom is -0.322 e. The molecule has 0 spiro atoms. The van der Waals surface area contributed by atoms with Gasteiger partial charge < -0.3 is 5.32 Å². The predicted octanol–water partition coefficient (Wildman–Crippen LogP) is 4.71. The molecule has 1 N–H and O–H groups in total. The number of nitrogens with one attached hydrogen (secondary N) is 1. The number of hydrogen-bond donors (Lipinski definition) is 1. The minimum atomic E-state index is -0.320. The average Bonchev–Trinajstić information content (AvgIpc) is 2.35. The molecule has 0 aliphatic rings. The van der Waals surface area contributed by atoms with Crippen molar-refractivity contribution in [3.8, 4) is 0 Å². The third-order valence-electron chi connectivity index (χ3n) is 2.50. The van der Waals surface area contributed by atoms with Crippen LogP contribution in [0.1, 0.15) is 15.9 Å². The standard InChI is InChI=1S/C13H9BrCl2N2O/c1-7-4-8(14)2-3-11(7)18-13(19)9-5-12(16)17-6-10(9)15/h2-6H,1H3,(H,18,19). The molecule has 0 aliphatic heterocycles. The van der Waals surface area contributed by atoms with Crippen molar-refractivity contribution in [1.29, 1.82) is 0 Å². The van der Waals surface area contributed by atoms with Crippen LogP contribution < -0.4 is 5.32 Å². The molecule has 1 aromatic heterocycles. The summed E-state index contributed by atoms with van der Waals surface area (Å²) in [5.41, 5.74) is 1.96. The summed E-state index contributed by atoms with van der Waals surface area (Å²) in [7, 11) is 0. The van der Waals surface area contributed by atoms with Gasteiger partial charge in [0, 0.05) is 16.4 Å². The summed E-state index contributed by atoms with van der Waals surface area (Å²) in [6.45, 7) is 1.90. The molecule has 3 nitrogen and oxygen atoms in total. The van der Waals surface area contributed by atoms with Crippen LogP contribution in [-0.4, -0.2) is 10.9 Å². The number of carbonyl (C=O) groups is 1. The van der Waals surface area contributed by atoms with E-state index in [1.165, 1.54) is 12.3 Å². The Morgan fingerprint density at radius 1 is 1.32 bits per heavy atom. The van der Waals surface area contributed by atoms with E-state index < -0.39 is 0 Å². The largest absolute Gasteiger partial charge is 0.322 e. The molecule has 2 rings (SSSR count).